The molecule has 0 radical (unpaired) electrons. The van der Waals surface area contributed by atoms with Crippen molar-refractivity contribution >= 4 is 5.91 Å². The summed E-state index contributed by atoms with van der Waals surface area (Å²) in [6.45, 7) is 5.41. The first-order valence-electron chi connectivity index (χ1n) is 8.09. The molecule has 0 aromatic carbocycles. The SMILES string of the molecule is CCN1CCN(C(=O)c2cc(COC)on2)CC1c1nccn1C. The summed E-state index contributed by atoms with van der Waals surface area (Å²) in [4.78, 5) is 21.4. The Labute approximate surface area is 141 Å². The van der Waals surface area contributed by atoms with Gasteiger partial charge in [-0.25, -0.2) is 4.98 Å². The molecule has 1 saturated heterocycles. The van der Waals surface area contributed by atoms with Crippen LogP contribution in [0.1, 0.15) is 35.0 Å². The van der Waals surface area contributed by atoms with Crippen LogP contribution in [0.2, 0.25) is 0 Å². The van der Waals surface area contributed by atoms with Gasteiger partial charge in [0.05, 0.1) is 6.04 Å². The van der Waals surface area contributed by atoms with Gasteiger partial charge in [0, 0.05) is 52.3 Å². The highest BCUT2D eigenvalue weighted by Gasteiger charge is 2.33. The lowest BCUT2D eigenvalue weighted by Crippen LogP contribution is -2.51. The van der Waals surface area contributed by atoms with E-state index in [1.165, 1.54) is 0 Å². The van der Waals surface area contributed by atoms with Crippen LogP contribution in [0.5, 0.6) is 0 Å². The van der Waals surface area contributed by atoms with Gasteiger partial charge in [0.2, 0.25) is 0 Å². The average molecular weight is 333 g/mol. The van der Waals surface area contributed by atoms with E-state index < -0.39 is 0 Å². The number of amides is 1. The molecule has 2 aromatic rings. The van der Waals surface area contributed by atoms with E-state index in [4.69, 9.17) is 9.26 Å². The lowest BCUT2D eigenvalue weighted by atomic mass is 10.1. The average Bonchev–Trinajstić information content (AvgIpc) is 3.23. The third-order valence-corrected chi connectivity index (χ3v) is 4.41. The topological polar surface area (TPSA) is 76.6 Å². The van der Waals surface area contributed by atoms with Crippen LogP contribution in [0, 0.1) is 0 Å². The molecule has 3 heterocycles. The van der Waals surface area contributed by atoms with Crippen molar-refractivity contribution in [2.75, 3.05) is 33.3 Å². The summed E-state index contributed by atoms with van der Waals surface area (Å²) in [7, 11) is 3.55. The van der Waals surface area contributed by atoms with Gasteiger partial charge in [-0.3, -0.25) is 9.69 Å². The molecule has 0 spiro atoms. The maximum absolute atomic E-state index is 12.7. The fraction of sp³-hybridized carbons (Fsp3) is 0.562. The Balaban J connectivity index is 1.76. The molecule has 1 atom stereocenters. The van der Waals surface area contributed by atoms with Crippen LogP contribution in [-0.4, -0.2) is 63.7 Å². The summed E-state index contributed by atoms with van der Waals surface area (Å²) >= 11 is 0. The minimum absolute atomic E-state index is 0.0815. The third-order valence-electron chi connectivity index (χ3n) is 4.41. The van der Waals surface area contributed by atoms with Crippen molar-refractivity contribution in [1.82, 2.24) is 24.5 Å². The number of rotatable bonds is 5. The summed E-state index contributed by atoms with van der Waals surface area (Å²) in [5.74, 6) is 1.40. The van der Waals surface area contributed by atoms with E-state index in [1.807, 2.05) is 22.7 Å². The van der Waals surface area contributed by atoms with Gasteiger partial charge in [-0.2, -0.15) is 0 Å². The van der Waals surface area contributed by atoms with E-state index in [9.17, 15) is 4.79 Å². The summed E-state index contributed by atoms with van der Waals surface area (Å²) in [6.07, 6.45) is 3.72. The second kappa shape index (κ2) is 7.14. The number of hydrogen-bond donors (Lipinski definition) is 0. The Morgan fingerprint density at radius 2 is 2.29 bits per heavy atom. The Morgan fingerprint density at radius 3 is 2.96 bits per heavy atom. The number of methoxy groups -OCH3 is 1. The quantitative estimate of drug-likeness (QED) is 0.815. The number of aryl methyl sites for hydroxylation is 1. The number of aromatic nitrogens is 3. The largest absolute Gasteiger partial charge is 0.377 e. The monoisotopic (exact) mass is 333 g/mol. The molecule has 1 unspecified atom stereocenters. The maximum Gasteiger partial charge on any atom is 0.276 e. The van der Waals surface area contributed by atoms with Gasteiger partial charge in [0.25, 0.3) is 5.91 Å². The van der Waals surface area contributed by atoms with Crippen LogP contribution in [0.25, 0.3) is 0 Å². The van der Waals surface area contributed by atoms with E-state index >= 15 is 0 Å². The van der Waals surface area contributed by atoms with E-state index in [2.05, 4.69) is 22.0 Å². The van der Waals surface area contributed by atoms with E-state index in [1.54, 1.807) is 19.4 Å². The molecule has 130 valence electrons. The summed E-state index contributed by atoms with van der Waals surface area (Å²) in [6, 6.07) is 1.73. The highest BCUT2D eigenvalue weighted by molar-refractivity contribution is 5.92. The fourth-order valence-corrected chi connectivity index (χ4v) is 3.11. The fourth-order valence-electron chi connectivity index (χ4n) is 3.11. The van der Waals surface area contributed by atoms with Crippen molar-refractivity contribution in [2.45, 2.75) is 19.6 Å². The molecule has 1 aliphatic heterocycles. The first-order chi connectivity index (χ1) is 11.6. The highest BCUT2D eigenvalue weighted by atomic mass is 16.5. The van der Waals surface area contributed by atoms with E-state index in [0.29, 0.717) is 31.2 Å². The predicted molar refractivity (Wildman–Crippen MR) is 86.3 cm³/mol. The van der Waals surface area contributed by atoms with E-state index in [0.717, 1.165) is 18.9 Å². The second-order valence-electron chi connectivity index (χ2n) is 5.90. The van der Waals surface area contributed by atoms with Crippen LogP contribution < -0.4 is 0 Å². The number of carbonyl (C=O) groups excluding carboxylic acids is 1. The number of piperazine rings is 1. The van der Waals surface area contributed by atoms with Crippen molar-refractivity contribution in [3.63, 3.8) is 0 Å². The van der Waals surface area contributed by atoms with Crippen molar-refractivity contribution < 1.29 is 14.1 Å². The molecule has 0 bridgehead atoms. The van der Waals surface area contributed by atoms with E-state index in [-0.39, 0.29) is 11.9 Å². The second-order valence-corrected chi connectivity index (χ2v) is 5.90. The zero-order chi connectivity index (χ0) is 17.1. The summed E-state index contributed by atoms with van der Waals surface area (Å²) in [5.41, 5.74) is 0.325. The molecule has 8 nitrogen and oxygen atoms in total. The molecule has 1 amide bonds. The predicted octanol–water partition coefficient (Wildman–Crippen LogP) is 1.07. The number of ether oxygens (including phenoxy) is 1. The molecule has 24 heavy (non-hydrogen) atoms. The van der Waals surface area contributed by atoms with Gasteiger partial charge >= 0.3 is 0 Å². The molecule has 2 aromatic heterocycles. The van der Waals surface area contributed by atoms with Crippen LogP contribution in [0.3, 0.4) is 0 Å². The zero-order valence-electron chi connectivity index (χ0n) is 14.3. The Bertz CT molecular complexity index is 695. The summed E-state index contributed by atoms with van der Waals surface area (Å²) < 4.78 is 12.1. The first kappa shape index (κ1) is 16.7. The molecule has 0 N–H and O–H groups in total. The molecule has 3 rings (SSSR count). The Hall–Kier alpha value is -2.19. The van der Waals surface area contributed by atoms with Crippen molar-refractivity contribution in [2.24, 2.45) is 7.05 Å². The van der Waals surface area contributed by atoms with Crippen molar-refractivity contribution in [1.29, 1.82) is 0 Å². The molecular weight excluding hydrogens is 310 g/mol. The van der Waals surface area contributed by atoms with Gasteiger partial charge in [-0.15, -0.1) is 0 Å². The minimum Gasteiger partial charge on any atom is -0.377 e. The number of hydrogen-bond acceptors (Lipinski definition) is 6. The Kier molecular flexibility index (Phi) is 4.96. The lowest BCUT2D eigenvalue weighted by molar-refractivity contribution is 0.0464. The number of carbonyl (C=O) groups is 1. The highest BCUT2D eigenvalue weighted by Crippen LogP contribution is 2.24. The van der Waals surface area contributed by atoms with Gasteiger partial charge in [-0.05, 0) is 6.54 Å². The first-order valence-corrected chi connectivity index (χ1v) is 8.09. The van der Waals surface area contributed by atoms with Crippen LogP contribution >= 0.6 is 0 Å². The lowest BCUT2D eigenvalue weighted by Gasteiger charge is -2.40. The molecular formula is C16H23N5O3. The normalized spacial score (nSPS) is 19.0. The number of likely N-dealkylation sites (N-methyl/N-ethyl adjacent to an activating group) is 1. The van der Waals surface area contributed by atoms with Crippen molar-refractivity contribution in [3.05, 3.63) is 35.7 Å². The maximum atomic E-state index is 12.7. The van der Waals surface area contributed by atoms with Gasteiger partial charge < -0.3 is 18.7 Å². The van der Waals surface area contributed by atoms with Crippen LogP contribution in [-0.2, 0) is 18.4 Å². The molecule has 1 aliphatic rings. The molecule has 1 fully saturated rings. The standard InChI is InChI=1S/C16H23N5O3/c1-4-20-7-8-21(10-14(20)15-17-5-6-19(15)2)16(22)13-9-12(11-23-3)24-18-13/h5-6,9,14H,4,7-8,10-11H2,1-3H3. The number of nitrogens with zero attached hydrogens (tertiary/aromatic N) is 5. The number of imidazole rings is 1. The van der Waals surface area contributed by atoms with Gasteiger partial charge in [-0.1, -0.05) is 12.1 Å². The Morgan fingerprint density at radius 1 is 1.46 bits per heavy atom. The van der Waals surface area contributed by atoms with Gasteiger partial charge in [0.15, 0.2) is 11.5 Å². The molecule has 0 saturated carbocycles. The van der Waals surface area contributed by atoms with Crippen LogP contribution in [0.4, 0.5) is 0 Å². The third kappa shape index (κ3) is 3.20. The summed E-state index contributed by atoms with van der Waals surface area (Å²) in [5, 5.41) is 3.87. The van der Waals surface area contributed by atoms with Crippen LogP contribution in [0.15, 0.2) is 23.0 Å². The minimum atomic E-state index is -0.115. The molecule has 0 aliphatic carbocycles. The molecule has 8 heteroatoms. The zero-order valence-corrected chi connectivity index (χ0v) is 14.3. The van der Waals surface area contributed by atoms with Crippen molar-refractivity contribution in [3.8, 4) is 0 Å². The van der Waals surface area contributed by atoms with Gasteiger partial charge in [0.1, 0.15) is 12.4 Å². The smallest absolute Gasteiger partial charge is 0.276 e.